The minimum absolute atomic E-state index is 0.524. The van der Waals surface area contributed by atoms with Gasteiger partial charge in [-0.05, 0) is 46.5 Å². The fourth-order valence-corrected chi connectivity index (χ4v) is 4.17. The minimum atomic E-state index is -0.909. The summed E-state index contributed by atoms with van der Waals surface area (Å²) >= 11 is 1.54. The number of anilines is 1. The summed E-state index contributed by atoms with van der Waals surface area (Å²) in [6, 6.07) is 0.524. The number of aliphatic hydroxyl groups is 1. The van der Waals surface area contributed by atoms with Crippen molar-refractivity contribution in [2.45, 2.75) is 58.1 Å². The molecule has 2 aliphatic rings. The third kappa shape index (κ3) is 2.54. The van der Waals surface area contributed by atoms with Crippen molar-refractivity contribution in [1.29, 1.82) is 0 Å². The van der Waals surface area contributed by atoms with Crippen molar-refractivity contribution in [1.82, 2.24) is 15.0 Å². The van der Waals surface area contributed by atoms with Gasteiger partial charge in [0.15, 0.2) is 0 Å². The molecule has 0 radical (unpaired) electrons. The lowest BCUT2D eigenvalue weighted by atomic mass is 10.1. The van der Waals surface area contributed by atoms with E-state index in [0.717, 1.165) is 47.3 Å². The summed E-state index contributed by atoms with van der Waals surface area (Å²) < 4.78 is 0. The van der Waals surface area contributed by atoms with Gasteiger partial charge in [-0.2, -0.15) is 0 Å². The first-order valence-corrected chi connectivity index (χ1v) is 9.10. The molecule has 0 saturated carbocycles. The molecule has 0 aromatic carbocycles. The highest BCUT2D eigenvalue weighted by atomic mass is 32.1. The SMILES string of the molecule is C[C@H]1CCN1c1nc2c(c(-c3cnc(C(C)(C)O)s3)n1)CCC2. The van der Waals surface area contributed by atoms with Crippen molar-refractivity contribution in [3.8, 4) is 10.6 Å². The first kappa shape index (κ1) is 15.0. The average molecular weight is 330 g/mol. The Labute approximate surface area is 140 Å². The highest BCUT2D eigenvalue weighted by molar-refractivity contribution is 7.15. The molecule has 3 heterocycles. The number of hydrogen-bond acceptors (Lipinski definition) is 6. The molecule has 0 unspecified atom stereocenters. The van der Waals surface area contributed by atoms with Gasteiger partial charge in [-0.3, -0.25) is 0 Å². The summed E-state index contributed by atoms with van der Waals surface area (Å²) in [5, 5.41) is 10.9. The molecule has 1 saturated heterocycles. The standard InChI is InChI=1S/C17H22N4OS/c1-10-7-8-21(10)16-19-12-6-4-5-11(12)14(20-16)13-9-18-15(23-13)17(2,3)22/h9-10,22H,4-8H2,1-3H3/t10-/m0/s1. The molecular weight excluding hydrogens is 308 g/mol. The Bertz CT molecular complexity index is 750. The molecule has 1 fully saturated rings. The molecular formula is C17H22N4OS. The molecule has 2 aromatic heterocycles. The van der Waals surface area contributed by atoms with E-state index >= 15 is 0 Å². The number of nitrogens with zero attached hydrogens (tertiary/aromatic N) is 4. The second kappa shape index (κ2) is 5.24. The molecule has 23 heavy (non-hydrogen) atoms. The van der Waals surface area contributed by atoms with Gasteiger partial charge in [0.1, 0.15) is 10.6 Å². The van der Waals surface area contributed by atoms with Crippen LogP contribution in [-0.4, -0.2) is 32.6 Å². The van der Waals surface area contributed by atoms with E-state index in [1.165, 1.54) is 29.0 Å². The van der Waals surface area contributed by atoms with Gasteiger partial charge in [0.25, 0.3) is 0 Å². The number of rotatable bonds is 3. The number of hydrogen-bond donors (Lipinski definition) is 1. The van der Waals surface area contributed by atoms with Crippen LogP contribution in [0.25, 0.3) is 10.6 Å². The smallest absolute Gasteiger partial charge is 0.226 e. The van der Waals surface area contributed by atoms with Crippen LogP contribution in [0.3, 0.4) is 0 Å². The van der Waals surface area contributed by atoms with E-state index in [-0.39, 0.29) is 0 Å². The summed E-state index contributed by atoms with van der Waals surface area (Å²) in [5.74, 6) is 0.859. The van der Waals surface area contributed by atoms with Crippen LogP contribution in [0.15, 0.2) is 6.20 Å². The van der Waals surface area contributed by atoms with Gasteiger partial charge in [0.2, 0.25) is 5.95 Å². The lowest BCUT2D eigenvalue weighted by molar-refractivity contribution is 0.0783. The van der Waals surface area contributed by atoms with Gasteiger partial charge in [-0.15, -0.1) is 11.3 Å². The predicted molar refractivity (Wildman–Crippen MR) is 91.8 cm³/mol. The van der Waals surface area contributed by atoms with Gasteiger partial charge in [-0.25, -0.2) is 15.0 Å². The molecule has 0 spiro atoms. The third-order valence-corrected chi connectivity index (χ3v) is 6.08. The van der Waals surface area contributed by atoms with Gasteiger partial charge in [0.05, 0.1) is 10.6 Å². The fraction of sp³-hybridized carbons (Fsp3) is 0.588. The fourth-order valence-electron chi connectivity index (χ4n) is 3.23. The predicted octanol–water partition coefficient (Wildman–Crippen LogP) is 2.91. The highest BCUT2D eigenvalue weighted by Crippen LogP contribution is 2.37. The molecule has 1 atom stereocenters. The van der Waals surface area contributed by atoms with Crippen molar-refractivity contribution in [2.75, 3.05) is 11.4 Å². The molecule has 4 rings (SSSR count). The van der Waals surface area contributed by atoms with E-state index < -0.39 is 5.60 Å². The van der Waals surface area contributed by atoms with E-state index in [0.29, 0.717) is 6.04 Å². The zero-order valence-electron chi connectivity index (χ0n) is 13.8. The van der Waals surface area contributed by atoms with Crippen LogP contribution in [-0.2, 0) is 18.4 Å². The van der Waals surface area contributed by atoms with E-state index in [4.69, 9.17) is 9.97 Å². The van der Waals surface area contributed by atoms with E-state index in [9.17, 15) is 5.11 Å². The highest BCUT2D eigenvalue weighted by Gasteiger charge is 2.30. The maximum atomic E-state index is 10.2. The normalized spacial score (nSPS) is 20.5. The van der Waals surface area contributed by atoms with Crippen LogP contribution in [0, 0.1) is 0 Å². The van der Waals surface area contributed by atoms with Crippen LogP contribution in [0.5, 0.6) is 0 Å². The van der Waals surface area contributed by atoms with Crippen molar-refractivity contribution < 1.29 is 5.11 Å². The lowest BCUT2D eigenvalue weighted by Crippen LogP contribution is -2.46. The van der Waals surface area contributed by atoms with Crippen molar-refractivity contribution in [3.63, 3.8) is 0 Å². The van der Waals surface area contributed by atoms with Gasteiger partial charge < -0.3 is 10.0 Å². The topological polar surface area (TPSA) is 62.1 Å². The summed E-state index contributed by atoms with van der Waals surface area (Å²) in [5.41, 5.74) is 2.58. The zero-order chi connectivity index (χ0) is 16.2. The number of aromatic nitrogens is 3. The van der Waals surface area contributed by atoms with Crippen LogP contribution < -0.4 is 4.90 Å². The lowest BCUT2D eigenvalue weighted by Gasteiger charge is -2.39. The van der Waals surface area contributed by atoms with Crippen LogP contribution >= 0.6 is 11.3 Å². The summed E-state index contributed by atoms with van der Waals surface area (Å²) in [4.78, 5) is 17.4. The minimum Gasteiger partial charge on any atom is -0.383 e. The molecule has 2 aromatic rings. The van der Waals surface area contributed by atoms with Crippen molar-refractivity contribution in [3.05, 3.63) is 22.5 Å². The summed E-state index contributed by atoms with van der Waals surface area (Å²) in [6.45, 7) is 6.80. The second-order valence-corrected chi connectivity index (χ2v) is 8.10. The first-order valence-electron chi connectivity index (χ1n) is 8.29. The summed E-state index contributed by atoms with van der Waals surface area (Å²) in [6.07, 6.45) is 6.28. The monoisotopic (exact) mass is 330 g/mol. The quantitative estimate of drug-likeness (QED) is 0.937. The van der Waals surface area contributed by atoms with E-state index in [2.05, 4.69) is 16.8 Å². The van der Waals surface area contributed by atoms with Crippen LogP contribution in [0.1, 0.15) is 49.9 Å². The molecule has 6 heteroatoms. The first-order chi connectivity index (χ1) is 10.9. The maximum Gasteiger partial charge on any atom is 0.226 e. The van der Waals surface area contributed by atoms with E-state index in [1.54, 1.807) is 13.8 Å². The second-order valence-electron chi connectivity index (χ2n) is 7.07. The average Bonchev–Trinajstić information content (AvgIpc) is 3.13. The zero-order valence-corrected chi connectivity index (χ0v) is 14.7. The molecule has 1 N–H and O–H groups in total. The Hall–Kier alpha value is -1.53. The number of thiazole rings is 1. The van der Waals surface area contributed by atoms with Crippen molar-refractivity contribution in [2.24, 2.45) is 0 Å². The maximum absolute atomic E-state index is 10.2. The Balaban J connectivity index is 1.79. The molecule has 122 valence electrons. The molecule has 1 aliphatic carbocycles. The van der Waals surface area contributed by atoms with E-state index in [1.807, 2.05) is 6.20 Å². The number of aryl methyl sites for hydroxylation is 1. The molecule has 0 bridgehead atoms. The largest absolute Gasteiger partial charge is 0.383 e. The van der Waals surface area contributed by atoms with Gasteiger partial charge in [-0.1, -0.05) is 0 Å². The number of fused-ring (bicyclic) bond motifs is 1. The molecule has 1 aliphatic heterocycles. The Morgan fingerprint density at radius 2 is 2.13 bits per heavy atom. The van der Waals surface area contributed by atoms with Crippen LogP contribution in [0.4, 0.5) is 5.95 Å². The third-order valence-electron chi connectivity index (χ3n) is 4.76. The van der Waals surface area contributed by atoms with Crippen molar-refractivity contribution >= 4 is 17.3 Å². The Kier molecular flexibility index (Phi) is 3.43. The molecule has 5 nitrogen and oxygen atoms in total. The molecule has 0 amide bonds. The van der Waals surface area contributed by atoms with Crippen LogP contribution in [0.2, 0.25) is 0 Å². The van der Waals surface area contributed by atoms with Gasteiger partial charge in [0, 0.05) is 30.0 Å². The summed E-state index contributed by atoms with van der Waals surface area (Å²) in [7, 11) is 0. The van der Waals surface area contributed by atoms with Gasteiger partial charge >= 0.3 is 0 Å². The Morgan fingerprint density at radius 3 is 2.74 bits per heavy atom. The Morgan fingerprint density at radius 1 is 1.30 bits per heavy atom.